The van der Waals surface area contributed by atoms with Crippen LogP contribution in [-0.2, 0) is 0 Å². The van der Waals surface area contributed by atoms with Gasteiger partial charge in [0.15, 0.2) is 0 Å². The predicted molar refractivity (Wildman–Crippen MR) is 73.8 cm³/mol. The van der Waals surface area contributed by atoms with E-state index in [2.05, 4.69) is 11.0 Å². The SMILES string of the molecule is CN(CCN1CCCC1)C(=O)c1ccc(C#N)cc1. The minimum atomic E-state index is 0.0173. The van der Waals surface area contributed by atoms with Crippen LogP contribution in [-0.4, -0.2) is 48.9 Å². The minimum absolute atomic E-state index is 0.0173. The molecule has 1 fully saturated rings. The Morgan fingerprint density at radius 2 is 1.95 bits per heavy atom. The highest BCUT2D eigenvalue weighted by Gasteiger charge is 2.15. The fourth-order valence-corrected chi connectivity index (χ4v) is 2.31. The third-order valence-corrected chi connectivity index (χ3v) is 3.56. The van der Waals surface area contributed by atoms with Crippen molar-refractivity contribution in [3.63, 3.8) is 0 Å². The molecule has 0 aliphatic carbocycles. The molecule has 0 N–H and O–H groups in total. The summed E-state index contributed by atoms with van der Waals surface area (Å²) in [5.74, 6) is 0.0173. The molecule has 1 saturated heterocycles. The zero-order chi connectivity index (χ0) is 13.7. The molecule has 1 aliphatic heterocycles. The molecule has 1 aliphatic rings. The molecule has 1 heterocycles. The lowest BCUT2D eigenvalue weighted by Crippen LogP contribution is -2.35. The van der Waals surface area contributed by atoms with Crippen LogP contribution in [0.1, 0.15) is 28.8 Å². The Morgan fingerprint density at radius 1 is 1.32 bits per heavy atom. The standard InChI is InChI=1S/C15H19N3O/c1-17(10-11-18-8-2-3-9-18)15(19)14-6-4-13(12-16)5-7-14/h4-7H,2-3,8-11H2,1H3. The first kappa shape index (κ1) is 13.6. The van der Waals surface area contributed by atoms with Crippen molar-refractivity contribution in [1.82, 2.24) is 9.80 Å². The number of likely N-dealkylation sites (N-methyl/N-ethyl adjacent to an activating group) is 1. The van der Waals surface area contributed by atoms with Gasteiger partial charge in [-0.1, -0.05) is 0 Å². The second-order valence-electron chi connectivity index (χ2n) is 4.96. The lowest BCUT2D eigenvalue weighted by molar-refractivity contribution is 0.0782. The quantitative estimate of drug-likeness (QED) is 0.825. The van der Waals surface area contributed by atoms with Gasteiger partial charge >= 0.3 is 0 Å². The molecule has 0 aromatic heterocycles. The lowest BCUT2D eigenvalue weighted by Gasteiger charge is -2.21. The monoisotopic (exact) mass is 257 g/mol. The number of amides is 1. The Bertz CT molecular complexity index is 469. The van der Waals surface area contributed by atoms with Crippen LogP contribution < -0.4 is 0 Å². The number of benzene rings is 1. The van der Waals surface area contributed by atoms with E-state index in [-0.39, 0.29) is 5.91 Å². The summed E-state index contributed by atoms with van der Waals surface area (Å²) < 4.78 is 0. The maximum absolute atomic E-state index is 12.2. The summed E-state index contributed by atoms with van der Waals surface area (Å²) in [6.07, 6.45) is 2.54. The van der Waals surface area contributed by atoms with Crippen LogP contribution in [0.15, 0.2) is 24.3 Å². The Labute approximate surface area is 114 Å². The van der Waals surface area contributed by atoms with Gasteiger partial charge in [-0.3, -0.25) is 4.79 Å². The highest BCUT2D eigenvalue weighted by Crippen LogP contribution is 2.09. The summed E-state index contributed by atoms with van der Waals surface area (Å²) in [4.78, 5) is 16.3. The van der Waals surface area contributed by atoms with E-state index in [1.54, 1.807) is 29.2 Å². The molecule has 2 rings (SSSR count). The summed E-state index contributed by atoms with van der Waals surface area (Å²) >= 11 is 0. The van der Waals surface area contributed by atoms with Crippen LogP contribution in [0.3, 0.4) is 0 Å². The average Bonchev–Trinajstić information content (AvgIpc) is 2.97. The number of likely N-dealkylation sites (tertiary alicyclic amines) is 1. The molecule has 1 aromatic carbocycles. The van der Waals surface area contributed by atoms with Crippen molar-refractivity contribution in [3.05, 3.63) is 35.4 Å². The summed E-state index contributed by atoms with van der Waals surface area (Å²) in [6.45, 7) is 4.00. The van der Waals surface area contributed by atoms with E-state index in [4.69, 9.17) is 5.26 Å². The van der Waals surface area contributed by atoms with E-state index in [1.165, 1.54) is 12.8 Å². The predicted octanol–water partition coefficient (Wildman–Crippen LogP) is 1.73. The molecular weight excluding hydrogens is 238 g/mol. The van der Waals surface area contributed by atoms with Crippen LogP contribution in [0, 0.1) is 11.3 Å². The second-order valence-corrected chi connectivity index (χ2v) is 4.96. The van der Waals surface area contributed by atoms with Gasteiger partial charge in [-0.25, -0.2) is 0 Å². The van der Waals surface area contributed by atoms with Crippen molar-refractivity contribution in [1.29, 1.82) is 5.26 Å². The number of nitrogens with zero attached hydrogens (tertiary/aromatic N) is 3. The van der Waals surface area contributed by atoms with Gasteiger partial charge in [0.25, 0.3) is 5.91 Å². The molecular formula is C15H19N3O. The largest absolute Gasteiger partial charge is 0.340 e. The fraction of sp³-hybridized carbons (Fsp3) is 0.467. The Balaban J connectivity index is 1.88. The van der Waals surface area contributed by atoms with Gasteiger partial charge < -0.3 is 9.80 Å². The second kappa shape index (κ2) is 6.35. The maximum atomic E-state index is 12.2. The smallest absolute Gasteiger partial charge is 0.253 e. The van der Waals surface area contributed by atoms with Crippen molar-refractivity contribution in [2.24, 2.45) is 0 Å². The number of carbonyl (C=O) groups is 1. The highest BCUT2D eigenvalue weighted by atomic mass is 16.2. The first-order valence-corrected chi connectivity index (χ1v) is 6.68. The molecule has 4 heteroatoms. The summed E-state index contributed by atoms with van der Waals surface area (Å²) in [6, 6.07) is 8.85. The lowest BCUT2D eigenvalue weighted by atomic mass is 10.1. The first-order chi connectivity index (χ1) is 9.20. The molecule has 0 unspecified atom stereocenters. The summed E-state index contributed by atoms with van der Waals surface area (Å²) in [7, 11) is 1.83. The fourth-order valence-electron chi connectivity index (χ4n) is 2.31. The van der Waals surface area contributed by atoms with Crippen molar-refractivity contribution in [3.8, 4) is 6.07 Å². The Morgan fingerprint density at radius 3 is 2.53 bits per heavy atom. The van der Waals surface area contributed by atoms with E-state index in [1.807, 2.05) is 7.05 Å². The van der Waals surface area contributed by atoms with Crippen LogP contribution in [0.5, 0.6) is 0 Å². The van der Waals surface area contributed by atoms with Crippen LogP contribution in [0.4, 0.5) is 0 Å². The molecule has 0 bridgehead atoms. The zero-order valence-electron chi connectivity index (χ0n) is 11.3. The molecule has 19 heavy (non-hydrogen) atoms. The molecule has 0 radical (unpaired) electrons. The number of hydrogen-bond acceptors (Lipinski definition) is 3. The molecule has 1 amide bonds. The van der Waals surface area contributed by atoms with Gasteiger partial charge in [0.2, 0.25) is 0 Å². The Hall–Kier alpha value is -1.86. The molecule has 4 nitrogen and oxygen atoms in total. The van der Waals surface area contributed by atoms with Crippen molar-refractivity contribution in [2.75, 3.05) is 33.2 Å². The summed E-state index contributed by atoms with van der Waals surface area (Å²) in [5.41, 5.74) is 1.22. The maximum Gasteiger partial charge on any atom is 0.253 e. The van der Waals surface area contributed by atoms with Gasteiger partial charge in [0.05, 0.1) is 11.6 Å². The van der Waals surface area contributed by atoms with Crippen molar-refractivity contribution >= 4 is 5.91 Å². The highest BCUT2D eigenvalue weighted by molar-refractivity contribution is 5.94. The van der Waals surface area contributed by atoms with Crippen molar-refractivity contribution < 1.29 is 4.79 Å². The molecule has 0 atom stereocenters. The minimum Gasteiger partial charge on any atom is -0.340 e. The van der Waals surface area contributed by atoms with Crippen LogP contribution in [0.2, 0.25) is 0 Å². The van der Waals surface area contributed by atoms with Gasteiger partial charge in [-0.15, -0.1) is 0 Å². The third-order valence-electron chi connectivity index (χ3n) is 3.56. The molecule has 0 saturated carbocycles. The van der Waals surface area contributed by atoms with Gasteiger partial charge in [-0.2, -0.15) is 5.26 Å². The normalized spacial score (nSPS) is 15.2. The van der Waals surface area contributed by atoms with E-state index < -0.39 is 0 Å². The molecule has 1 aromatic rings. The van der Waals surface area contributed by atoms with E-state index in [0.717, 1.165) is 26.2 Å². The van der Waals surface area contributed by atoms with Crippen molar-refractivity contribution in [2.45, 2.75) is 12.8 Å². The number of carbonyl (C=O) groups excluding carboxylic acids is 1. The van der Waals surface area contributed by atoms with Gasteiger partial charge in [0, 0.05) is 25.7 Å². The third kappa shape index (κ3) is 3.55. The molecule has 0 spiro atoms. The number of nitriles is 1. The van der Waals surface area contributed by atoms with E-state index in [0.29, 0.717) is 11.1 Å². The average molecular weight is 257 g/mol. The van der Waals surface area contributed by atoms with E-state index in [9.17, 15) is 4.79 Å². The van der Waals surface area contributed by atoms with Gasteiger partial charge in [0.1, 0.15) is 0 Å². The van der Waals surface area contributed by atoms with E-state index >= 15 is 0 Å². The topological polar surface area (TPSA) is 47.3 Å². The summed E-state index contributed by atoms with van der Waals surface area (Å²) in [5, 5.41) is 8.73. The van der Waals surface area contributed by atoms with Crippen LogP contribution >= 0.6 is 0 Å². The van der Waals surface area contributed by atoms with Gasteiger partial charge in [-0.05, 0) is 50.2 Å². The zero-order valence-corrected chi connectivity index (χ0v) is 11.3. The number of hydrogen-bond donors (Lipinski definition) is 0. The Kier molecular flexibility index (Phi) is 4.53. The first-order valence-electron chi connectivity index (χ1n) is 6.68. The molecule has 100 valence electrons. The van der Waals surface area contributed by atoms with Crippen LogP contribution in [0.25, 0.3) is 0 Å². The number of rotatable bonds is 4.